The molecule has 2 heteroatoms. The van der Waals surface area contributed by atoms with Crippen molar-refractivity contribution >= 4 is 66.4 Å². The first kappa shape index (κ1) is 35.2. The van der Waals surface area contributed by atoms with E-state index in [0.29, 0.717) is 0 Å². The quantitative estimate of drug-likeness (QED) is 0.159. The first-order valence-corrected chi connectivity index (χ1v) is 19.2. The van der Waals surface area contributed by atoms with E-state index in [1.54, 1.807) is 0 Å². The third-order valence-corrected chi connectivity index (χ3v) is 11.5. The van der Waals surface area contributed by atoms with Gasteiger partial charge in [-0.1, -0.05) is 96.1 Å². The zero-order valence-corrected chi connectivity index (χ0v) is 33.4. The summed E-state index contributed by atoms with van der Waals surface area (Å²) in [6.07, 6.45) is 0. The SMILES string of the molecule is Cc1cc(C)c(N(c2ccc(C)c(C)c2)c2cc3c4ccccc4c(N(c4ccc(C)c(C)c4)c4c(C)cc(C)cc4C)cc3c3ccccc23)c(C)c1. The lowest BCUT2D eigenvalue weighted by Crippen LogP contribution is -2.15. The molecule has 0 atom stereocenters. The molecule has 2 nitrogen and oxygen atoms in total. The Morgan fingerprint density at radius 1 is 0.278 bits per heavy atom. The van der Waals surface area contributed by atoms with Gasteiger partial charge < -0.3 is 9.80 Å². The van der Waals surface area contributed by atoms with Gasteiger partial charge in [0, 0.05) is 22.1 Å². The van der Waals surface area contributed by atoms with Crippen LogP contribution in [0.15, 0.2) is 121 Å². The van der Waals surface area contributed by atoms with Crippen molar-refractivity contribution in [3.8, 4) is 0 Å². The van der Waals surface area contributed by atoms with Gasteiger partial charge >= 0.3 is 0 Å². The molecule has 54 heavy (non-hydrogen) atoms. The van der Waals surface area contributed by atoms with Crippen LogP contribution in [0.2, 0.25) is 0 Å². The normalized spacial score (nSPS) is 11.5. The summed E-state index contributed by atoms with van der Waals surface area (Å²) in [5.41, 5.74) is 20.0. The Kier molecular flexibility index (Phi) is 8.81. The third-order valence-electron chi connectivity index (χ3n) is 11.5. The van der Waals surface area contributed by atoms with E-state index in [-0.39, 0.29) is 0 Å². The van der Waals surface area contributed by atoms with Crippen molar-refractivity contribution in [2.75, 3.05) is 9.80 Å². The predicted octanol–water partition coefficient (Wildman–Crippen LogP) is 15.2. The fraction of sp³-hybridized carbons (Fsp3) is 0.192. The molecule has 0 heterocycles. The maximum absolute atomic E-state index is 2.52. The van der Waals surface area contributed by atoms with Gasteiger partial charge in [-0.3, -0.25) is 0 Å². The first-order chi connectivity index (χ1) is 25.9. The lowest BCUT2D eigenvalue weighted by atomic mass is 9.92. The molecule has 0 fully saturated rings. The summed E-state index contributed by atoms with van der Waals surface area (Å²) < 4.78 is 0. The third kappa shape index (κ3) is 5.91. The number of fused-ring (bicyclic) bond motifs is 5. The van der Waals surface area contributed by atoms with Crippen LogP contribution in [0.1, 0.15) is 55.6 Å². The van der Waals surface area contributed by atoms with Crippen molar-refractivity contribution in [1.82, 2.24) is 0 Å². The molecule has 8 aromatic rings. The highest BCUT2D eigenvalue weighted by atomic mass is 15.2. The number of nitrogens with zero attached hydrogens (tertiary/aromatic N) is 2. The van der Waals surface area contributed by atoms with E-state index in [1.807, 2.05) is 0 Å². The average Bonchev–Trinajstić information content (AvgIpc) is 3.13. The van der Waals surface area contributed by atoms with Crippen LogP contribution < -0.4 is 9.80 Å². The topological polar surface area (TPSA) is 6.48 Å². The van der Waals surface area contributed by atoms with Crippen molar-refractivity contribution in [3.63, 3.8) is 0 Å². The van der Waals surface area contributed by atoms with E-state index in [2.05, 4.69) is 200 Å². The Morgan fingerprint density at radius 3 is 0.944 bits per heavy atom. The molecule has 0 saturated carbocycles. The Bertz CT molecular complexity index is 2550. The maximum atomic E-state index is 2.52. The summed E-state index contributed by atoms with van der Waals surface area (Å²) in [7, 11) is 0. The van der Waals surface area contributed by atoms with Crippen molar-refractivity contribution in [3.05, 3.63) is 177 Å². The molecule has 0 amide bonds. The summed E-state index contributed by atoms with van der Waals surface area (Å²) in [6, 6.07) is 46.0. The molecule has 0 aliphatic heterocycles. The zero-order valence-electron chi connectivity index (χ0n) is 33.4. The van der Waals surface area contributed by atoms with Gasteiger partial charge in [0.15, 0.2) is 0 Å². The molecule has 0 N–H and O–H groups in total. The molecule has 0 aliphatic carbocycles. The molecule has 0 spiro atoms. The highest BCUT2D eigenvalue weighted by Crippen LogP contribution is 2.49. The molecule has 0 aliphatic rings. The Labute approximate surface area is 321 Å². The molecule has 0 saturated heterocycles. The summed E-state index contributed by atoms with van der Waals surface area (Å²) in [5.74, 6) is 0. The summed E-state index contributed by atoms with van der Waals surface area (Å²) in [6.45, 7) is 22.2. The second-order valence-corrected chi connectivity index (χ2v) is 15.7. The van der Waals surface area contributed by atoms with E-state index < -0.39 is 0 Å². The van der Waals surface area contributed by atoms with Gasteiger partial charge in [0.1, 0.15) is 0 Å². The zero-order chi connectivity index (χ0) is 38.0. The van der Waals surface area contributed by atoms with Crippen LogP contribution >= 0.6 is 0 Å². The van der Waals surface area contributed by atoms with Gasteiger partial charge in [0.05, 0.1) is 22.7 Å². The second-order valence-electron chi connectivity index (χ2n) is 15.7. The van der Waals surface area contributed by atoms with E-state index in [1.165, 1.54) is 122 Å². The number of benzene rings is 8. The summed E-state index contributed by atoms with van der Waals surface area (Å²) in [5, 5.41) is 7.43. The minimum Gasteiger partial charge on any atom is -0.309 e. The van der Waals surface area contributed by atoms with Gasteiger partial charge in [-0.2, -0.15) is 0 Å². The van der Waals surface area contributed by atoms with Gasteiger partial charge in [-0.15, -0.1) is 0 Å². The number of hydrogen-bond donors (Lipinski definition) is 0. The smallest absolute Gasteiger partial charge is 0.0546 e. The Balaban J connectivity index is 1.51. The number of rotatable bonds is 6. The van der Waals surface area contributed by atoms with Crippen molar-refractivity contribution in [2.24, 2.45) is 0 Å². The van der Waals surface area contributed by atoms with Gasteiger partial charge in [-0.25, -0.2) is 0 Å². The van der Waals surface area contributed by atoms with E-state index in [0.717, 1.165) is 0 Å². The Hall–Kier alpha value is -5.86. The van der Waals surface area contributed by atoms with Crippen LogP contribution in [0, 0.1) is 69.2 Å². The largest absolute Gasteiger partial charge is 0.309 e. The summed E-state index contributed by atoms with van der Waals surface area (Å²) in [4.78, 5) is 5.03. The lowest BCUT2D eigenvalue weighted by Gasteiger charge is -2.32. The molecule has 0 radical (unpaired) electrons. The number of anilines is 6. The van der Waals surface area contributed by atoms with Gasteiger partial charge in [0.25, 0.3) is 0 Å². The van der Waals surface area contributed by atoms with Crippen molar-refractivity contribution in [1.29, 1.82) is 0 Å². The fourth-order valence-electron chi connectivity index (χ4n) is 8.84. The fourth-order valence-corrected chi connectivity index (χ4v) is 8.84. The summed E-state index contributed by atoms with van der Waals surface area (Å²) >= 11 is 0. The predicted molar refractivity (Wildman–Crippen MR) is 236 cm³/mol. The van der Waals surface area contributed by atoms with E-state index in [4.69, 9.17) is 0 Å². The number of hydrogen-bond acceptors (Lipinski definition) is 2. The molecular formula is C52H50N2. The van der Waals surface area contributed by atoms with Crippen LogP contribution in [0.4, 0.5) is 34.1 Å². The maximum Gasteiger partial charge on any atom is 0.0546 e. The van der Waals surface area contributed by atoms with Crippen LogP contribution in [0.3, 0.4) is 0 Å². The van der Waals surface area contributed by atoms with E-state index >= 15 is 0 Å². The standard InChI is InChI=1S/C52H50N2/c1-31-23-37(7)51(38(8)24-31)53(41-21-19-33(3)35(5)27-41)49-29-47-44-16-12-14-18-46(44)50(30-48(47)43-15-11-13-17-45(43)49)54(42-22-20-34(4)36(6)28-42)52-39(9)25-32(2)26-40(52)10/h11-30H,1-10H3. The molecule has 0 aromatic heterocycles. The minimum atomic E-state index is 1.17. The monoisotopic (exact) mass is 702 g/mol. The molecule has 268 valence electrons. The molecule has 8 rings (SSSR count). The minimum absolute atomic E-state index is 1.17. The first-order valence-electron chi connectivity index (χ1n) is 19.2. The van der Waals surface area contributed by atoms with Gasteiger partial charge in [0.2, 0.25) is 0 Å². The highest BCUT2D eigenvalue weighted by molar-refractivity contribution is 6.24. The van der Waals surface area contributed by atoms with Crippen LogP contribution in [-0.4, -0.2) is 0 Å². The lowest BCUT2D eigenvalue weighted by molar-refractivity contribution is 1.20. The van der Waals surface area contributed by atoms with Crippen molar-refractivity contribution < 1.29 is 0 Å². The van der Waals surface area contributed by atoms with Crippen LogP contribution in [0.25, 0.3) is 32.3 Å². The van der Waals surface area contributed by atoms with E-state index in [9.17, 15) is 0 Å². The van der Waals surface area contributed by atoms with Crippen molar-refractivity contribution in [2.45, 2.75) is 69.2 Å². The molecular weight excluding hydrogens is 653 g/mol. The Morgan fingerprint density at radius 2 is 0.611 bits per heavy atom. The average molecular weight is 703 g/mol. The van der Waals surface area contributed by atoms with Gasteiger partial charge in [-0.05, 0) is 172 Å². The van der Waals surface area contributed by atoms with Crippen LogP contribution in [0.5, 0.6) is 0 Å². The molecule has 0 bridgehead atoms. The number of aryl methyl sites for hydroxylation is 10. The van der Waals surface area contributed by atoms with Crippen LogP contribution in [-0.2, 0) is 0 Å². The molecule has 8 aromatic carbocycles. The second kappa shape index (κ2) is 13.5. The molecule has 0 unspecified atom stereocenters. The highest BCUT2D eigenvalue weighted by Gasteiger charge is 2.25.